The summed E-state index contributed by atoms with van der Waals surface area (Å²) in [6.07, 6.45) is 4.39. The molecule has 1 aliphatic heterocycles. The third-order valence-electron chi connectivity index (χ3n) is 4.45. The molecule has 1 aromatic heterocycles. The number of nitro groups is 1. The van der Waals surface area contributed by atoms with Gasteiger partial charge in [0, 0.05) is 53.5 Å². The zero-order chi connectivity index (χ0) is 21.6. The van der Waals surface area contributed by atoms with Crippen LogP contribution in [0.4, 0.5) is 5.69 Å². The molecule has 0 saturated heterocycles. The Morgan fingerprint density at radius 2 is 1.90 bits per heavy atom. The minimum atomic E-state index is -1.26. The Bertz CT molecular complexity index is 961. The van der Waals surface area contributed by atoms with Crippen molar-refractivity contribution in [3.8, 4) is 0 Å². The second kappa shape index (κ2) is 9.94. The van der Waals surface area contributed by atoms with Crippen LogP contribution in [0.3, 0.4) is 0 Å². The molecule has 0 aliphatic carbocycles. The van der Waals surface area contributed by atoms with Crippen LogP contribution in [0.2, 0.25) is 0 Å². The molecule has 0 spiro atoms. The van der Waals surface area contributed by atoms with Crippen molar-refractivity contribution in [3.05, 3.63) is 57.5 Å². The lowest BCUT2D eigenvalue weighted by atomic mass is 9.98. The fraction of sp³-hybridized carbons (Fsp3) is 0.300. The summed E-state index contributed by atoms with van der Waals surface area (Å²) in [4.78, 5) is 32.2. The van der Waals surface area contributed by atoms with E-state index in [1.54, 1.807) is 23.5 Å². The predicted molar refractivity (Wildman–Crippen MR) is 112 cm³/mol. The smallest absolute Gasteiger partial charge is 0.328 e. The molecule has 1 aliphatic rings. The number of non-ortho nitro benzene ring substituents is 1. The van der Waals surface area contributed by atoms with E-state index in [1.165, 1.54) is 11.1 Å². The normalized spacial score (nSPS) is 14.5. The molecule has 1 aromatic carbocycles. The van der Waals surface area contributed by atoms with Gasteiger partial charge in [-0.25, -0.2) is 9.59 Å². The van der Waals surface area contributed by atoms with Crippen molar-refractivity contribution in [2.75, 3.05) is 13.1 Å². The van der Waals surface area contributed by atoms with E-state index in [4.69, 9.17) is 10.2 Å². The molecule has 154 valence electrons. The molecule has 3 rings (SSSR count). The molecule has 0 atom stereocenters. The molecular formula is C20H22N2O6S. The van der Waals surface area contributed by atoms with E-state index in [0.29, 0.717) is 18.2 Å². The summed E-state index contributed by atoms with van der Waals surface area (Å²) in [5.41, 5.74) is 2.66. The van der Waals surface area contributed by atoms with E-state index in [0.717, 1.165) is 29.6 Å². The lowest BCUT2D eigenvalue weighted by Gasteiger charge is -2.29. The van der Waals surface area contributed by atoms with Gasteiger partial charge in [-0.05, 0) is 42.9 Å². The monoisotopic (exact) mass is 418 g/mol. The number of aliphatic carboxylic acids is 2. The minimum Gasteiger partial charge on any atom is -0.478 e. The van der Waals surface area contributed by atoms with Gasteiger partial charge in [-0.3, -0.25) is 15.0 Å². The highest BCUT2D eigenvalue weighted by Crippen LogP contribution is 2.35. The van der Waals surface area contributed by atoms with Crippen LogP contribution in [0, 0.1) is 10.1 Å². The quantitative estimate of drug-likeness (QED) is 0.427. The van der Waals surface area contributed by atoms with Crippen LogP contribution in [0.1, 0.15) is 25.8 Å². The van der Waals surface area contributed by atoms with Gasteiger partial charge in [0.1, 0.15) is 0 Å². The predicted octanol–water partition coefficient (Wildman–Crippen LogP) is 4.02. The van der Waals surface area contributed by atoms with Crippen LogP contribution < -0.4 is 0 Å². The lowest BCUT2D eigenvalue weighted by molar-refractivity contribution is -0.384. The van der Waals surface area contributed by atoms with E-state index in [2.05, 4.69) is 30.2 Å². The number of nitro benzene ring substituents is 1. The van der Waals surface area contributed by atoms with Crippen LogP contribution >= 0.6 is 11.3 Å². The zero-order valence-corrected chi connectivity index (χ0v) is 16.9. The van der Waals surface area contributed by atoms with E-state index < -0.39 is 11.9 Å². The van der Waals surface area contributed by atoms with E-state index in [1.807, 2.05) is 6.07 Å². The van der Waals surface area contributed by atoms with Crippen molar-refractivity contribution >= 4 is 44.6 Å². The molecule has 2 aromatic rings. The summed E-state index contributed by atoms with van der Waals surface area (Å²) in [6.45, 7) is 6.43. The average molecular weight is 418 g/mol. The van der Waals surface area contributed by atoms with Crippen LogP contribution in [0.15, 0.2) is 41.8 Å². The summed E-state index contributed by atoms with van der Waals surface area (Å²) >= 11 is 1.66. The largest absolute Gasteiger partial charge is 0.478 e. The number of fused-ring (bicyclic) bond motifs is 1. The number of nitrogens with zero attached hydrogens (tertiary/aromatic N) is 2. The first-order chi connectivity index (χ1) is 13.7. The number of benzene rings is 1. The van der Waals surface area contributed by atoms with Crippen molar-refractivity contribution in [1.82, 2.24) is 4.90 Å². The molecule has 0 saturated carbocycles. The van der Waals surface area contributed by atoms with Gasteiger partial charge in [0.15, 0.2) is 0 Å². The van der Waals surface area contributed by atoms with Gasteiger partial charge in [0.05, 0.1) is 4.92 Å². The molecule has 8 nitrogen and oxygen atoms in total. The van der Waals surface area contributed by atoms with Gasteiger partial charge in [-0.2, -0.15) is 0 Å². The second-order valence-electron chi connectivity index (χ2n) is 6.66. The van der Waals surface area contributed by atoms with Gasteiger partial charge >= 0.3 is 11.9 Å². The molecule has 2 heterocycles. The summed E-state index contributed by atoms with van der Waals surface area (Å²) in [7, 11) is 0. The summed E-state index contributed by atoms with van der Waals surface area (Å²) < 4.78 is 1.11. The van der Waals surface area contributed by atoms with Crippen molar-refractivity contribution in [2.24, 2.45) is 0 Å². The van der Waals surface area contributed by atoms with Gasteiger partial charge in [0.25, 0.3) is 5.69 Å². The first-order valence-corrected chi connectivity index (χ1v) is 9.80. The lowest BCUT2D eigenvalue weighted by Crippen LogP contribution is -2.34. The fourth-order valence-electron chi connectivity index (χ4n) is 2.92. The molecule has 0 bridgehead atoms. The third kappa shape index (κ3) is 6.23. The molecular weight excluding hydrogens is 396 g/mol. The second-order valence-corrected chi connectivity index (χ2v) is 7.58. The highest BCUT2D eigenvalue weighted by atomic mass is 32.1. The Kier molecular flexibility index (Phi) is 7.63. The van der Waals surface area contributed by atoms with Crippen LogP contribution in [0.5, 0.6) is 0 Å². The van der Waals surface area contributed by atoms with Crippen molar-refractivity contribution in [2.45, 2.75) is 26.3 Å². The molecule has 29 heavy (non-hydrogen) atoms. The van der Waals surface area contributed by atoms with Gasteiger partial charge in [0.2, 0.25) is 0 Å². The Morgan fingerprint density at radius 3 is 2.38 bits per heavy atom. The van der Waals surface area contributed by atoms with Crippen LogP contribution in [0.25, 0.3) is 15.7 Å². The Labute approximate surface area is 171 Å². The maximum Gasteiger partial charge on any atom is 0.328 e. The Hall–Kier alpha value is -3.04. The molecule has 0 unspecified atom stereocenters. The summed E-state index contributed by atoms with van der Waals surface area (Å²) in [5.74, 6) is -2.51. The van der Waals surface area contributed by atoms with E-state index in [-0.39, 0.29) is 10.6 Å². The number of rotatable bonds is 5. The standard InChI is InChI=1S/C16H18N2O2S.C4H4O4/c1-11(2)17-7-5-12(6-8-17)15-10-21-16-4-3-13(18(19)20)9-14(15)16;5-3(6)1-2-4(7)8/h3-5,9-11H,6-8H2,1-2H3;1-2H,(H,5,6)(H,7,8)/b;2-1-. The number of hydrogen-bond donors (Lipinski definition) is 2. The molecule has 0 radical (unpaired) electrons. The van der Waals surface area contributed by atoms with Crippen LogP contribution in [-0.4, -0.2) is 51.1 Å². The molecule has 0 fully saturated rings. The number of thiophene rings is 1. The molecule has 9 heteroatoms. The highest BCUT2D eigenvalue weighted by Gasteiger charge is 2.18. The minimum absolute atomic E-state index is 0.169. The fourth-order valence-corrected chi connectivity index (χ4v) is 3.89. The first-order valence-electron chi connectivity index (χ1n) is 8.92. The summed E-state index contributed by atoms with van der Waals surface area (Å²) in [6, 6.07) is 5.70. The van der Waals surface area contributed by atoms with E-state index in [9.17, 15) is 19.7 Å². The highest BCUT2D eigenvalue weighted by molar-refractivity contribution is 7.17. The van der Waals surface area contributed by atoms with Crippen molar-refractivity contribution in [3.63, 3.8) is 0 Å². The summed E-state index contributed by atoms with van der Waals surface area (Å²) in [5, 5.41) is 29.7. The number of carboxylic acids is 2. The van der Waals surface area contributed by atoms with Crippen molar-refractivity contribution in [1.29, 1.82) is 0 Å². The van der Waals surface area contributed by atoms with Gasteiger partial charge < -0.3 is 10.2 Å². The zero-order valence-electron chi connectivity index (χ0n) is 16.1. The number of carbonyl (C=O) groups is 2. The average Bonchev–Trinajstić information content (AvgIpc) is 3.10. The SMILES string of the molecule is CC(C)N1CC=C(c2csc3ccc([N+](=O)[O-])cc23)CC1.O=C(O)/C=C\C(=O)O. The topological polar surface area (TPSA) is 121 Å². The van der Waals surface area contributed by atoms with Gasteiger partial charge in [-0.1, -0.05) is 6.08 Å². The molecule has 2 N–H and O–H groups in total. The van der Waals surface area contributed by atoms with Crippen LogP contribution in [-0.2, 0) is 9.59 Å². The molecule has 0 amide bonds. The third-order valence-corrected chi connectivity index (χ3v) is 5.42. The maximum absolute atomic E-state index is 11.0. The first kappa shape index (κ1) is 22.3. The number of carboxylic acid groups (broad SMARTS) is 2. The number of hydrogen-bond acceptors (Lipinski definition) is 6. The Balaban J connectivity index is 0.000000321. The Morgan fingerprint density at radius 1 is 1.24 bits per heavy atom. The maximum atomic E-state index is 11.0. The van der Waals surface area contributed by atoms with Gasteiger partial charge in [-0.15, -0.1) is 11.3 Å². The van der Waals surface area contributed by atoms with E-state index >= 15 is 0 Å². The van der Waals surface area contributed by atoms with Crippen molar-refractivity contribution < 1.29 is 24.7 Å².